The number of hydrogen-bond donors (Lipinski definition) is 0. The standard InChI is InChI=1S/C18H13NO3/c20-18(17-9-10-22-19-17)21-11-16-14-7-3-1-5-12(14)13-6-2-4-8-15(13)16/h1-10,16H,11H2. The van der Waals surface area contributed by atoms with Crippen molar-refractivity contribution < 1.29 is 14.1 Å². The van der Waals surface area contributed by atoms with Crippen LogP contribution >= 0.6 is 0 Å². The van der Waals surface area contributed by atoms with Crippen LogP contribution in [0.3, 0.4) is 0 Å². The summed E-state index contributed by atoms with van der Waals surface area (Å²) in [5.74, 6) is -0.404. The van der Waals surface area contributed by atoms with Crippen LogP contribution in [0.25, 0.3) is 11.1 Å². The average Bonchev–Trinajstić information content (AvgIpc) is 3.20. The molecule has 0 spiro atoms. The van der Waals surface area contributed by atoms with Crippen LogP contribution in [0.1, 0.15) is 27.5 Å². The SMILES string of the molecule is O=C(OCC1c2ccccc2-c2ccccc21)c1ccon1. The fourth-order valence-electron chi connectivity index (χ4n) is 2.99. The van der Waals surface area contributed by atoms with Gasteiger partial charge >= 0.3 is 5.97 Å². The molecule has 1 heterocycles. The maximum absolute atomic E-state index is 11.9. The Hall–Kier alpha value is -2.88. The van der Waals surface area contributed by atoms with Crippen molar-refractivity contribution in [2.45, 2.75) is 5.92 Å². The zero-order valence-corrected chi connectivity index (χ0v) is 11.7. The number of fused-ring (bicyclic) bond motifs is 3. The van der Waals surface area contributed by atoms with Gasteiger partial charge in [-0.1, -0.05) is 53.7 Å². The third-order valence-electron chi connectivity index (χ3n) is 3.99. The van der Waals surface area contributed by atoms with Gasteiger partial charge in [-0.05, 0) is 22.3 Å². The van der Waals surface area contributed by atoms with Gasteiger partial charge in [0.2, 0.25) is 0 Å². The van der Waals surface area contributed by atoms with Gasteiger partial charge in [0.25, 0.3) is 0 Å². The van der Waals surface area contributed by atoms with Crippen LogP contribution in [0.2, 0.25) is 0 Å². The molecule has 1 aliphatic carbocycles. The summed E-state index contributed by atoms with van der Waals surface area (Å²) in [5, 5.41) is 3.60. The Kier molecular flexibility index (Phi) is 3.00. The van der Waals surface area contributed by atoms with Gasteiger partial charge in [-0.15, -0.1) is 0 Å². The number of rotatable bonds is 3. The Labute approximate surface area is 127 Å². The van der Waals surface area contributed by atoms with Gasteiger partial charge in [0.05, 0.1) is 0 Å². The number of nitrogens with zero attached hydrogens (tertiary/aromatic N) is 1. The van der Waals surface area contributed by atoms with E-state index < -0.39 is 5.97 Å². The van der Waals surface area contributed by atoms with E-state index >= 15 is 0 Å². The number of carbonyl (C=O) groups is 1. The first-order valence-corrected chi connectivity index (χ1v) is 7.10. The van der Waals surface area contributed by atoms with Crippen LogP contribution in [-0.2, 0) is 4.74 Å². The van der Waals surface area contributed by atoms with Gasteiger partial charge in [0.15, 0.2) is 5.69 Å². The minimum atomic E-state index is -0.462. The molecule has 3 aromatic rings. The molecule has 1 aromatic heterocycles. The minimum Gasteiger partial charge on any atom is -0.460 e. The van der Waals surface area contributed by atoms with E-state index in [4.69, 9.17) is 4.74 Å². The Morgan fingerprint density at radius 1 is 1.00 bits per heavy atom. The molecule has 0 fully saturated rings. The van der Waals surface area contributed by atoms with E-state index in [1.165, 1.54) is 34.6 Å². The third-order valence-corrected chi connectivity index (χ3v) is 3.99. The summed E-state index contributed by atoms with van der Waals surface area (Å²) >= 11 is 0. The first kappa shape index (κ1) is 12.8. The molecule has 0 amide bonds. The Morgan fingerprint density at radius 3 is 2.23 bits per heavy atom. The van der Waals surface area contributed by atoms with Crippen molar-refractivity contribution in [3.63, 3.8) is 0 Å². The van der Waals surface area contributed by atoms with E-state index in [2.05, 4.69) is 33.9 Å². The molecular weight excluding hydrogens is 278 g/mol. The highest BCUT2D eigenvalue weighted by molar-refractivity contribution is 5.87. The second-order valence-corrected chi connectivity index (χ2v) is 5.21. The van der Waals surface area contributed by atoms with Gasteiger partial charge in [0.1, 0.15) is 12.9 Å². The molecule has 0 radical (unpaired) electrons. The molecule has 0 aliphatic heterocycles. The molecule has 0 atom stereocenters. The molecular formula is C18H13NO3. The molecule has 1 aliphatic rings. The first-order chi connectivity index (χ1) is 10.8. The van der Waals surface area contributed by atoms with Crippen LogP contribution < -0.4 is 0 Å². The van der Waals surface area contributed by atoms with Crippen LogP contribution in [-0.4, -0.2) is 17.7 Å². The van der Waals surface area contributed by atoms with Crippen molar-refractivity contribution >= 4 is 5.97 Å². The topological polar surface area (TPSA) is 52.3 Å². The smallest absolute Gasteiger partial charge is 0.360 e. The number of ether oxygens (including phenoxy) is 1. The largest absolute Gasteiger partial charge is 0.460 e. The predicted octanol–water partition coefficient (Wildman–Crippen LogP) is 3.64. The second kappa shape index (κ2) is 5.15. The van der Waals surface area contributed by atoms with Crippen molar-refractivity contribution in [2.75, 3.05) is 6.61 Å². The Bertz CT molecular complexity index is 778. The highest BCUT2D eigenvalue weighted by atomic mass is 16.5. The minimum absolute atomic E-state index is 0.0586. The summed E-state index contributed by atoms with van der Waals surface area (Å²) in [7, 11) is 0. The van der Waals surface area contributed by atoms with Crippen molar-refractivity contribution in [3.05, 3.63) is 77.7 Å². The van der Waals surface area contributed by atoms with Crippen molar-refractivity contribution in [1.29, 1.82) is 0 Å². The Balaban J connectivity index is 1.63. The van der Waals surface area contributed by atoms with E-state index in [-0.39, 0.29) is 11.6 Å². The maximum Gasteiger partial charge on any atom is 0.360 e. The van der Waals surface area contributed by atoms with Gasteiger partial charge in [-0.25, -0.2) is 4.79 Å². The maximum atomic E-state index is 11.9. The summed E-state index contributed by atoms with van der Waals surface area (Å²) < 4.78 is 10.1. The molecule has 108 valence electrons. The van der Waals surface area contributed by atoms with Crippen molar-refractivity contribution in [2.24, 2.45) is 0 Å². The van der Waals surface area contributed by atoms with E-state index in [1.54, 1.807) is 0 Å². The number of esters is 1. The van der Waals surface area contributed by atoms with E-state index in [0.717, 1.165) is 0 Å². The first-order valence-electron chi connectivity index (χ1n) is 7.10. The lowest BCUT2D eigenvalue weighted by molar-refractivity contribution is 0.0482. The lowest BCUT2D eigenvalue weighted by Crippen LogP contribution is -2.12. The molecule has 4 heteroatoms. The lowest BCUT2D eigenvalue weighted by Gasteiger charge is -2.13. The summed E-state index contributed by atoms with van der Waals surface area (Å²) in [6, 6.07) is 18.0. The molecule has 0 N–H and O–H groups in total. The van der Waals surface area contributed by atoms with E-state index in [9.17, 15) is 4.79 Å². The van der Waals surface area contributed by atoms with Gasteiger partial charge < -0.3 is 9.26 Å². The normalized spacial score (nSPS) is 12.7. The van der Waals surface area contributed by atoms with Gasteiger partial charge in [-0.2, -0.15) is 0 Å². The monoisotopic (exact) mass is 291 g/mol. The highest BCUT2D eigenvalue weighted by Crippen LogP contribution is 2.44. The molecule has 4 rings (SSSR count). The highest BCUT2D eigenvalue weighted by Gasteiger charge is 2.29. The second-order valence-electron chi connectivity index (χ2n) is 5.21. The molecule has 2 aromatic carbocycles. The van der Waals surface area contributed by atoms with Gasteiger partial charge in [0, 0.05) is 12.0 Å². The fraction of sp³-hybridized carbons (Fsp3) is 0.111. The molecule has 22 heavy (non-hydrogen) atoms. The molecule has 0 saturated carbocycles. The van der Waals surface area contributed by atoms with Crippen LogP contribution in [0, 0.1) is 0 Å². The number of hydrogen-bond acceptors (Lipinski definition) is 4. The molecule has 0 bridgehead atoms. The quantitative estimate of drug-likeness (QED) is 0.691. The number of aromatic nitrogens is 1. The van der Waals surface area contributed by atoms with Crippen LogP contribution in [0.15, 0.2) is 65.4 Å². The van der Waals surface area contributed by atoms with Crippen molar-refractivity contribution in [3.8, 4) is 11.1 Å². The van der Waals surface area contributed by atoms with Crippen molar-refractivity contribution in [1.82, 2.24) is 5.16 Å². The third kappa shape index (κ3) is 2.00. The van der Waals surface area contributed by atoms with Crippen LogP contribution in [0.4, 0.5) is 0 Å². The number of carbonyl (C=O) groups excluding carboxylic acids is 1. The van der Waals surface area contributed by atoms with Gasteiger partial charge in [-0.3, -0.25) is 0 Å². The summed E-state index contributed by atoms with van der Waals surface area (Å²) in [4.78, 5) is 11.9. The summed E-state index contributed by atoms with van der Waals surface area (Å²) in [6.07, 6.45) is 1.36. The molecule has 0 unspecified atom stereocenters. The summed E-state index contributed by atoms with van der Waals surface area (Å²) in [5.41, 5.74) is 4.99. The summed E-state index contributed by atoms with van der Waals surface area (Å²) in [6.45, 7) is 0.291. The fourth-order valence-corrected chi connectivity index (χ4v) is 2.99. The lowest BCUT2D eigenvalue weighted by atomic mass is 9.98. The average molecular weight is 291 g/mol. The van der Waals surface area contributed by atoms with E-state index in [1.807, 2.05) is 24.3 Å². The zero-order chi connectivity index (χ0) is 14.9. The van der Waals surface area contributed by atoms with E-state index in [0.29, 0.717) is 6.61 Å². The number of benzene rings is 2. The molecule has 0 saturated heterocycles. The zero-order valence-electron chi connectivity index (χ0n) is 11.7. The van der Waals surface area contributed by atoms with Crippen LogP contribution in [0.5, 0.6) is 0 Å². The molecule has 4 nitrogen and oxygen atoms in total. The predicted molar refractivity (Wildman–Crippen MR) is 80.5 cm³/mol. The Morgan fingerprint density at radius 2 is 1.64 bits per heavy atom.